The molecular formula is C13H17NO2. The van der Waals surface area contributed by atoms with Crippen LogP contribution in [0.3, 0.4) is 0 Å². The summed E-state index contributed by atoms with van der Waals surface area (Å²) in [4.78, 5) is 0. The van der Waals surface area contributed by atoms with Gasteiger partial charge in [-0.2, -0.15) is 0 Å². The Bertz CT molecular complexity index is 412. The minimum Gasteiger partial charge on any atom is -0.493 e. The average molecular weight is 219 g/mol. The van der Waals surface area contributed by atoms with Gasteiger partial charge in [0.1, 0.15) is 5.75 Å². The number of aliphatic hydroxyl groups excluding tert-OH is 1. The van der Waals surface area contributed by atoms with Crippen molar-refractivity contribution in [2.24, 2.45) is 11.1 Å². The second-order valence-corrected chi connectivity index (χ2v) is 4.95. The van der Waals surface area contributed by atoms with Gasteiger partial charge in [0.25, 0.3) is 0 Å². The van der Waals surface area contributed by atoms with Crippen LogP contribution in [-0.4, -0.2) is 24.9 Å². The maximum Gasteiger partial charge on any atom is 0.122 e. The zero-order chi connectivity index (χ0) is 11.2. The van der Waals surface area contributed by atoms with Crippen molar-refractivity contribution in [1.82, 2.24) is 0 Å². The Hall–Kier alpha value is -1.06. The van der Waals surface area contributed by atoms with E-state index in [4.69, 9.17) is 10.5 Å². The summed E-state index contributed by atoms with van der Waals surface area (Å²) < 4.78 is 5.48. The van der Waals surface area contributed by atoms with E-state index in [2.05, 4.69) is 18.2 Å². The van der Waals surface area contributed by atoms with Crippen molar-refractivity contribution in [3.05, 3.63) is 29.3 Å². The van der Waals surface area contributed by atoms with Gasteiger partial charge in [-0.15, -0.1) is 0 Å². The Morgan fingerprint density at radius 3 is 3.06 bits per heavy atom. The fourth-order valence-electron chi connectivity index (χ4n) is 2.71. The molecular weight excluding hydrogens is 202 g/mol. The second kappa shape index (κ2) is 3.47. The van der Waals surface area contributed by atoms with Crippen molar-refractivity contribution in [3.8, 4) is 5.75 Å². The van der Waals surface area contributed by atoms with Gasteiger partial charge >= 0.3 is 0 Å². The summed E-state index contributed by atoms with van der Waals surface area (Å²) in [7, 11) is 0. The standard InChI is InChI=1S/C13H17NO2/c14-7-13(8-15)6-11(13)9-1-2-12-10(5-9)3-4-16-12/h1-2,5,11,15H,3-4,6-8,14H2/t11-,13+/m1/s1. The van der Waals surface area contributed by atoms with Gasteiger partial charge in [0, 0.05) is 18.4 Å². The Labute approximate surface area is 95.2 Å². The molecule has 1 aliphatic carbocycles. The fourth-order valence-corrected chi connectivity index (χ4v) is 2.71. The summed E-state index contributed by atoms with van der Waals surface area (Å²) >= 11 is 0. The average Bonchev–Trinajstić information content (AvgIpc) is 2.89. The van der Waals surface area contributed by atoms with Crippen LogP contribution in [0.1, 0.15) is 23.5 Å². The van der Waals surface area contributed by atoms with Gasteiger partial charge in [-0.1, -0.05) is 12.1 Å². The van der Waals surface area contributed by atoms with Crippen LogP contribution in [0.25, 0.3) is 0 Å². The van der Waals surface area contributed by atoms with E-state index in [1.807, 2.05) is 0 Å². The predicted octanol–water partition coefficient (Wildman–Crippen LogP) is 1.05. The number of rotatable bonds is 3. The molecule has 2 atom stereocenters. The first-order chi connectivity index (χ1) is 7.79. The molecule has 0 bridgehead atoms. The highest BCUT2D eigenvalue weighted by Crippen LogP contribution is 2.58. The quantitative estimate of drug-likeness (QED) is 0.798. The lowest BCUT2D eigenvalue weighted by atomic mass is 9.98. The summed E-state index contributed by atoms with van der Waals surface area (Å²) in [6.45, 7) is 1.56. The van der Waals surface area contributed by atoms with Gasteiger partial charge < -0.3 is 15.6 Å². The minimum absolute atomic E-state index is 0.0479. The van der Waals surface area contributed by atoms with E-state index < -0.39 is 0 Å². The van der Waals surface area contributed by atoms with E-state index in [0.29, 0.717) is 12.5 Å². The third-order valence-electron chi connectivity index (χ3n) is 4.03. The van der Waals surface area contributed by atoms with Crippen LogP contribution in [0.2, 0.25) is 0 Å². The van der Waals surface area contributed by atoms with Crippen LogP contribution in [0.15, 0.2) is 18.2 Å². The van der Waals surface area contributed by atoms with Crippen LogP contribution < -0.4 is 10.5 Å². The van der Waals surface area contributed by atoms with Crippen molar-refractivity contribution < 1.29 is 9.84 Å². The number of ether oxygens (including phenoxy) is 1. The molecule has 86 valence electrons. The lowest BCUT2D eigenvalue weighted by molar-refractivity contribution is 0.211. The summed E-state index contributed by atoms with van der Waals surface area (Å²) in [6, 6.07) is 6.39. The molecule has 1 saturated carbocycles. The second-order valence-electron chi connectivity index (χ2n) is 4.95. The number of aliphatic hydroxyl groups is 1. The maximum absolute atomic E-state index is 9.38. The zero-order valence-corrected chi connectivity index (χ0v) is 9.28. The molecule has 0 unspecified atom stereocenters. The van der Waals surface area contributed by atoms with Crippen LogP contribution >= 0.6 is 0 Å². The maximum atomic E-state index is 9.38. The molecule has 0 spiro atoms. The normalized spacial score (nSPS) is 31.0. The molecule has 3 nitrogen and oxygen atoms in total. The molecule has 3 heteroatoms. The lowest BCUT2D eigenvalue weighted by Crippen LogP contribution is -2.21. The highest BCUT2D eigenvalue weighted by atomic mass is 16.5. The largest absolute Gasteiger partial charge is 0.493 e. The molecule has 1 aromatic carbocycles. The van der Waals surface area contributed by atoms with Crippen LogP contribution in [0.5, 0.6) is 5.75 Å². The lowest BCUT2D eigenvalue weighted by Gasteiger charge is -2.11. The summed E-state index contributed by atoms with van der Waals surface area (Å²) in [5.74, 6) is 1.46. The highest BCUT2D eigenvalue weighted by Gasteiger charge is 2.53. The number of nitrogens with two attached hydrogens (primary N) is 1. The molecule has 1 heterocycles. The van der Waals surface area contributed by atoms with Gasteiger partial charge in [0.2, 0.25) is 0 Å². The minimum atomic E-state index is -0.0479. The molecule has 0 saturated heterocycles. The molecule has 3 rings (SSSR count). The van der Waals surface area contributed by atoms with Crippen LogP contribution in [-0.2, 0) is 6.42 Å². The van der Waals surface area contributed by atoms with Gasteiger partial charge in [-0.25, -0.2) is 0 Å². The Kier molecular flexibility index (Phi) is 2.19. The monoisotopic (exact) mass is 219 g/mol. The van der Waals surface area contributed by atoms with Crippen molar-refractivity contribution in [1.29, 1.82) is 0 Å². The van der Waals surface area contributed by atoms with E-state index in [0.717, 1.165) is 25.2 Å². The molecule has 0 radical (unpaired) electrons. The van der Waals surface area contributed by atoms with Crippen molar-refractivity contribution in [2.75, 3.05) is 19.8 Å². The zero-order valence-electron chi connectivity index (χ0n) is 9.28. The molecule has 1 aliphatic heterocycles. The molecule has 3 N–H and O–H groups in total. The number of hydrogen-bond donors (Lipinski definition) is 2. The Balaban J connectivity index is 1.87. The molecule has 0 amide bonds. The number of hydrogen-bond acceptors (Lipinski definition) is 3. The van der Waals surface area contributed by atoms with Crippen molar-refractivity contribution in [2.45, 2.75) is 18.8 Å². The van der Waals surface area contributed by atoms with Crippen LogP contribution in [0, 0.1) is 5.41 Å². The molecule has 16 heavy (non-hydrogen) atoms. The first kappa shape index (κ1) is 10.1. The van der Waals surface area contributed by atoms with Crippen molar-refractivity contribution >= 4 is 0 Å². The summed E-state index contributed by atoms with van der Waals surface area (Å²) in [6.07, 6.45) is 2.02. The fraction of sp³-hybridized carbons (Fsp3) is 0.538. The molecule has 1 fully saturated rings. The van der Waals surface area contributed by atoms with Crippen LogP contribution in [0.4, 0.5) is 0 Å². The topological polar surface area (TPSA) is 55.5 Å². The smallest absolute Gasteiger partial charge is 0.122 e. The molecule has 1 aromatic rings. The van der Waals surface area contributed by atoms with E-state index in [1.165, 1.54) is 11.1 Å². The summed E-state index contributed by atoms with van der Waals surface area (Å²) in [5.41, 5.74) is 8.30. The number of fused-ring (bicyclic) bond motifs is 1. The van der Waals surface area contributed by atoms with Gasteiger partial charge in [0.15, 0.2) is 0 Å². The van der Waals surface area contributed by atoms with Crippen molar-refractivity contribution in [3.63, 3.8) is 0 Å². The SMILES string of the molecule is NC[C@]1(CO)C[C@@H]1c1ccc2c(c1)CCO2. The molecule has 2 aliphatic rings. The third kappa shape index (κ3) is 1.35. The highest BCUT2D eigenvalue weighted by molar-refractivity contribution is 5.43. The van der Waals surface area contributed by atoms with E-state index in [1.54, 1.807) is 0 Å². The number of benzene rings is 1. The first-order valence-electron chi connectivity index (χ1n) is 5.86. The first-order valence-corrected chi connectivity index (χ1v) is 5.86. The molecule has 0 aromatic heterocycles. The Morgan fingerprint density at radius 1 is 1.50 bits per heavy atom. The van der Waals surface area contributed by atoms with Gasteiger partial charge in [0.05, 0.1) is 13.2 Å². The van der Waals surface area contributed by atoms with Gasteiger partial charge in [-0.05, 0) is 29.5 Å². The Morgan fingerprint density at radius 2 is 2.38 bits per heavy atom. The third-order valence-corrected chi connectivity index (χ3v) is 4.03. The summed E-state index contributed by atoms with van der Waals surface area (Å²) in [5, 5.41) is 9.38. The van der Waals surface area contributed by atoms with E-state index in [-0.39, 0.29) is 12.0 Å². The van der Waals surface area contributed by atoms with Gasteiger partial charge in [-0.3, -0.25) is 0 Å². The van der Waals surface area contributed by atoms with E-state index in [9.17, 15) is 5.11 Å². The van der Waals surface area contributed by atoms with E-state index >= 15 is 0 Å². The predicted molar refractivity (Wildman–Crippen MR) is 61.6 cm³/mol.